The van der Waals surface area contributed by atoms with Crippen LogP contribution < -0.4 is 0 Å². The number of hydrogen-bond acceptors (Lipinski definition) is 2. The van der Waals surface area contributed by atoms with Gasteiger partial charge in [-0.2, -0.15) is 0 Å². The van der Waals surface area contributed by atoms with E-state index < -0.39 is 15.2 Å². The van der Waals surface area contributed by atoms with Crippen LogP contribution in [0.5, 0.6) is 0 Å². The van der Waals surface area contributed by atoms with E-state index in [1.807, 2.05) is 37.3 Å². The molecule has 3 aromatic rings. The van der Waals surface area contributed by atoms with Crippen molar-refractivity contribution in [2.24, 2.45) is 0 Å². The second kappa shape index (κ2) is 5.86. The zero-order valence-corrected chi connectivity index (χ0v) is 13.4. The van der Waals surface area contributed by atoms with Crippen LogP contribution in [-0.4, -0.2) is 8.42 Å². The third-order valence-corrected chi connectivity index (χ3v) is 5.73. The van der Waals surface area contributed by atoms with Crippen molar-refractivity contribution in [3.63, 3.8) is 0 Å². The quantitative estimate of drug-likeness (QED) is 0.664. The number of nitrogens with zero attached hydrogens (tertiary/aromatic N) is 1. The zero-order chi connectivity index (χ0) is 16.4. The summed E-state index contributed by atoms with van der Waals surface area (Å²) in [6, 6.07) is 19.6. The van der Waals surface area contributed by atoms with Gasteiger partial charge in [-0.15, -0.1) is 0 Å². The topological polar surface area (TPSA) is 38.5 Å². The maximum atomic E-state index is 12.9. The molecule has 3 nitrogen and oxygen atoms in total. The van der Waals surface area contributed by atoms with Crippen LogP contribution in [0.25, 0.3) is 15.6 Å². The molecule has 4 heteroatoms. The van der Waals surface area contributed by atoms with E-state index in [2.05, 4.69) is 4.85 Å². The summed E-state index contributed by atoms with van der Waals surface area (Å²) in [6.45, 7) is 9.36. The fraction of sp³-hybridized carbons (Fsp3) is 0.105. The summed E-state index contributed by atoms with van der Waals surface area (Å²) >= 11 is 0. The van der Waals surface area contributed by atoms with Crippen LogP contribution in [0.2, 0.25) is 0 Å². The Morgan fingerprint density at radius 1 is 0.913 bits per heavy atom. The lowest BCUT2D eigenvalue weighted by molar-refractivity contribution is 0.590. The first kappa shape index (κ1) is 15.3. The summed E-state index contributed by atoms with van der Waals surface area (Å²) < 4.78 is 25.8. The van der Waals surface area contributed by atoms with Crippen molar-refractivity contribution in [2.75, 3.05) is 0 Å². The van der Waals surface area contributed by atoms with E-state index in [1.165, 1.54) is 0 Å². The summed E-state index contributed by atoms with van der Waals surface area (Å²) in [4.78, 5) is 3.62. The monoisotopic (exact) mass is 321 g/mol. The van der Waals surface area contributed by atoms with Crippen LogP contribution in [0.15, 0.2) is 71.6 Å². The normalized spacial score (nSPS) is 12.7. The molecule has 1 unspecified atom stereocenters. The van der Waals surface area contributed by atoms with Gasteiger partial charge >= 0.3 is 5.37 Å². The van der Waals surface area contributed by atoms with Gasteiger partial charge in [-0.1, -0.05) is 54.1 Å². The van der Waals surface area contributed by atoms with Gasteiger partial charge in [0.15, 0.2) is 0 Å². The zero-order valence-electron chi connectivity index (χ0n) is 12.6. The van der Waals surface area contributed by atoms with E-state index in [9.17, 15) is 8.42 Å². The van der Waals surface area contributed by atoms with E-state index in [0.717, 1.165) is 16.3 Å². The SMILES string of the molecule is [C-]#[N+]C(c1cccc2ccccc12)S(=O)(=O)c1ccc(C)cc1. The molecule has 0 radical (unpaired) electrons. The molecule has 3 rings (SSSR count). The third-order valence-electron chi connectivity index (χ3n) is 3.85. The first-order chi connectivity index (χ1) is 11.0. The number of benzene rings is 3. The van der Waals surface area contributed by atoms with Crippen LogP contribution in [0, 0.1) is 13.5 Å². The molecule has 0 saturated heterocycles. The fourth-order valence-corrected chi connectivity index (χ4v) is 4.08. The minimum Gasteiger partial charge on any atom is -0.291 e. The van der Waals surface area contributed by atoms with E-state index in [4.69, 9.17) is 6.57 Å². The average Bonchev–Trinajstić information content (AvgIpc) is 2.56. The Morgan fingerprint density at radius 3 is 2.26 bits per heavy atom. The van der Waals surface area contributed by atoms with Gasteiger partial charge in [0.1, 0.15) is 0 Å². The highest BCUT2D eigenvalue weighted by atomic mass is 32.2. The molecule has 3 aromatic carbocycles. The summed E-state index contributed by atoms with van der Waals surface area (Å²) in [7, 11) is -3.77. The Hall–Kier alpha value is -2.64. The van der Waals surface area contributed by atoms with Gasteiger partial charge in [-0.05, 0) is 35.9 Å². The standard InChI is InChI=1S/C19H15NO2S/c1-14-10-12-16(13-11-14)23(21,22)19(20-2)18-9-5-7-15-6-3-4-8-17(15)18/h3-13,19H,1H3. The van der Waals surface area contributed by atoms with Crippen molar-refractivity contribution in [1.82, 2.24) is 0 Å². The number of rotatable bonds is 3. The predicted octanol–water partition coefficient (Wildman–Crippen LogP) is 4.54. The molecule has 0 aliphatic carbocycles. The van der Waals surface area contributed by atoms with Crippen LogP contribution in [0.4, 0.5) is 0 Å². The molecule has 0 aliphatic rings. The number of sulfone groups is 1. The molecule has 0 heterocycles. The molecule has 0 fully saturated rings. The van der Waals surface area contributed by atoms with Crippen LogP contribution in [-0.2, 0) is 9.84 Å². The van der Waals surface area contributed by atoms with Gasteiger partial charge in [-0.25, -0.2) is 15.0 Å². The smallest absolute Gasteiger partial charge is 0.291 e. The second-order valence-corrected chi connectivity index (χ2v) is 7.42. The molecular weight excluding hydrogens is 306 g/mol. The van der Waals surface area contributed by atoms with E-state index in [1.54, 1.807) is 36.4 Å². The molecule has 0 amide bonds. The molecular formula is C19H15NO2S. The highest BCUT2D eigenvalue weighted by molar-refractivity contribution is 7.91. The van der Waals surface area contributed by atoms with Crippen molar-refractivity contribution in [2.45, 2.75) is 17.2 Å². The molecule has 0 aliphatic heterocycles. The van der Waals surface area contributed by atoms with Crippen molar-refractivity contribution in [3.8, 4) is 0 Å². The third kappa shape index (κ3) is 2.71. The average molecular weight is 321 g/mol. The summed E-state index contributed by atoms with van der Waals surface area (Å²) in [5.41, 5.74) is 1.51. The Morgan fingerprint density at radius 2 is 1.57 bits per heavy atom. The molecule has 0 N–H and O–H groups in total. The van der Waals surface area contributed by atoms with Gasteiger partial charge in [0, 0.05) is 0 Å². The number of hydrogen-bond donors (Lipinski definition) is 0. The number of fused-ring (bicyclic) bond motifs is 1. The lowest BCUT2D eigenvalue weighted by atomic mass is 10.0. The molecule has 0 saturated carbocycles. The van der Waals surface area contributed by atoms with Crippen molar-refractivity contribution in [3.05, 3.63) is 89.3 Å². The Labute approximate surface area is 135 Å². The van der Waals surface area contributed by atoms with E-state index in [-0.39, 0.29) is 4.90 Å². The largest absolute Gasteiger partial charge is 0.350 e. The highest BCUT2D eigenvalue weighted by Gasteiger charge is 2.35. The summed E-state index contributed by atoms with van der Waals surface area (Å²) in [5.74, 6) is 0. The molecule has 23 heavy (non-hydrogen) atoms. The van der Waals surface area contributed by atoms with Crippen molar-refractivity contribution < 1.29 is 8.42 Å². The summed E-state index contributed by atoms with van der Waals surface area (Å²) in [5, 5.41) is 0.487. The van der Waals surface area contributed by atoms with Crippen LogP contribution in [0.3, 0.4) is 0 Å². The van der Waals surface area contributed by atoms with Gasteiger partial charge in [0.05, 0.1) is 10.5 Å². The number of aryl methyl sites for hydroxylation is 1. The Balaban J connectivity index is 2.19. The molecule has 0 spiro atoms. The lowest BCUT2D eigenvalue weighted by Crippen LogP contribution is -2.11. The van der Waals surface area contributed by atoms with Gasteiger partial charge in [0.25, 0.3) is 9.84 Å². The molecule has 1 atom stereocenters. The minimum atomic E-state index is -3.77. The van der Waals surface area contributed by atoms with Gasteiger partial charge < -0.3 is 0 Å². The molecule has 114 valence electrons. The maximum absolute atomic E-state index is 12.9. The first-order valence-corrected chi connectivity index (χ1v) is 8.73. The maximum Gasteiger partial charge on any atom is 0.350 e. The Bertz CT molecular complexity index is 994. The second-order valence-electron chi connectivity index (χ2n) is 5.41. The van der Waals surface area contributed by atoms with Crippen molar-refractivity contribution in [1.29, 1.82) is 0 Å². The van der Waals surface area contributed by atoms with Crippen molar-refractivity contribution >= 4 is 20.6 Å². The minimum absolute atomic E-state index is 0.178. The molecule has 0 bridgehead atoms. The van der Waals surface area contributed by atoms with Crippen LogP contribution >= 0.6 is 0 Å². The summed E-state index contributed by atoms with van der Waals surface area (Å²) in [6.07, 6.45) is 0. The first-order valence-electron chi connectivity index (χ1n) is 7.19. The predicted molar refractivity (Wildman–Crippen MR) is 91.7 cm³/mol. The van der Waals surface area contributed by atoms with Crippen LogP contribution in [0.1, 0.15) is 16.5 Å². The highest BCUT2D eigenvalue weighted by Crippen LogP contribution is 2.34. The fourth-order valence-electron chi connectivity index (χ4n) is 2.63. The van der Waals surface area contributed by atoms with Gasteiger partial charge in [-0.3, -0.25) is 4.85 Å². The van der Waals surface area contributed by atoms with E-state index >= 15 is 0 Å². The molecule has 0 aromatic heterocycles. The Kier molecular flexibility index (Phi) is 3.89. The van der Waals surface area contributed by atoms with Gasteiger partial charge in [0.2, 0.25) is 0 Å². The van der Waals surface area contributed by atoms with E-state index in [0.29, 0.717) is 5.56 Å². The lowest BCUT2D eigenvalue weighted by Gasteiger charge is -2.11.